The molecule has 0 amide bonds. The summed E-state index contributed by atoms with van der Waals surface area (Å²) in [6.07, 6.45) is 1.82. The maximum Gasteiger partial charge on any atom is 0.313 e. The fourth-order valence-corrected chi connectivity index (χ4v) is 1.51. The number of rotatable bonds is 2. The van der Waals surface area contributed by atoms with E-state index in [1.54, 1.807) is 16.7 Å². The lowest BCUT2D eigenvalue weighted by molar-refractivity contribution is -0.139. The van der Waals surface area contributed by atoms with Gasteiger partial charge in [-0.3, -0.25) is 4.79 Å². The molecule has 0 radical (unpaired) electrons. The van der Waals surface area contributed by atoms with Gasteiger partial charge in [-0.15, -0.1) is 0 Å². The molecule has 16 heavy (non-hydrogen) atoms. The van der Waals surface area contributed by atoms with Crippen molar-refractivity contribution >= 4 is 11.5 Å². The Balaban J connectivity index is 2.54. The van der Waals surface area contributed by atoms with E-state index in [0.717, 1.165) is 0 Å². The Morgan fingerprint density at radius 2 is 2.44 bits per heavy atom. The number of fused-ring (bicyclic) bond motifs is 1. The van der Waals surface area contributed by atoms with Crippen LogP contribution in [0.4, 0.5) is 0 Å². The molecule has 80 valence electrons. The van der Waals surface area contributed by atoms with Gasteiger partial charge < -0.3 is 9.14 Å². The summed E-state index contributed by atoms with van der Waals surface area (Å²) in [4.78, 5) is 15.3. The van der Waals surface area contributed by atoms with E-state index in [0.29, 0.717) is 17.0 Å². The van der Waals surface area contributed by atoms with E-state index in [1.807, 2.05) is 18.2 Å². The number of hydrogen-bond acceptors (Lipinski definition) is 4. The maximum atomic E-state index is 11.2. The molecule has 0 saturated carbocycles. The number of methoxy groups -OCH3 is 1. The molecule has 0 aliphatic carbocycles. The summed E-state index contributed by atoms with van der Waals surface area (Å²) >= 11 is 0. The summed E-state index contributed by atoms with van der Waals surface area (Å²) in [6, 6.07) is 7.42. The van der Waals surface area contributed by atoms with Crippen LogP contribution in [-0.4, -0.2) is 22.5 Å². The largest absolute Gasteiger partial charge is 0.469 e. The lowest BCUT2D eigenvalue weighted by atomic mass is 10.3. The van der Waals surface area contributed by atoms with Gasteiger partial charge in [0.2, 0.25) is 0 Å². The van der Waals surface area contributed by atoms with E-state index in [2.05, 4.69) is 9.72 Å². The van der Waals surface area contributed by atoms with E-state index in [4.69, 9.17) is 5.26 Å². The van der Waals surface area contributed by atoms with E-state index >= 15 is 0 Å². The minimum absolute atomic E-state index is 0.0589. The molecule has 2 heterocycles. The summed E-state index contributed by atoms with van der Waals surface area (Å²) in [5.74, 6) is 0.138. The van der Waals surface area contributed by atoms with Crippen LogP contribution in [0.25, 0.3) is 5.52 Å². The van der Waals surface area contributed by atoms with Crippen molar-refractivity contribution in [2.75, 3.05) is 7.11 Å². The molecule has 2 aromatic rings. The fourth-order valence-electron chi connectivity index (χ4n) is 1.51. The standard InChI is InChI=1S/C11H9N3O2/c1-16-11(15)6-10-13-8(7-12)9-4-2-3-5-14(9)10/h2-5H,6H2,1H3. The first-order chi connectivity index (χ1) is 7.76. The van der Waals surface area contributed by atoms with E-state index < -0.39 is 0 Å². The molecule has 0 N–H and O–H groups in total. The van der Waals surface area contributed by atoms with E-state index in [1.165, 1.54) is 7.11 Å². The lowest BCUT2D eigenvalue weighted by Gasteiger charge is -1.98. The highest BCUT2D eigenvalue weighted by atomic mass is 16.5. The van der Waals surface area contributed by atoms with Crippen LogP contribution in [-0.2, 0) is 16.0 Å². The Labute approximate surface area is 91.9 Å². The van der Waals surface area contributed by atoms with Crippen LogP contribution in [0, 0.1) is 11.3 Å². The number of hydrogen-bond donors (Lipinski definition) is 0. The van der Waals surface area contributed by atoms with Crippen molar-refractivity contribution in [1.82, 2.24) is 9.38 Å². The van der Waals surface area contributed by atoms with Gasteiger partial charge in [0.25, 0.3) is 0 Å². The Hall–Kier alpha value is -2.35. The Bertz CT molecular complexity index is 580. The molecular weight excluding hydrogens is 206 g/mol. The molecule has 0 bridgehead atoms. The molecule has 2 rings (SSSR count). The number of nitriles is 1. The molecule has 0 fully saturated rings. The molecule has 0 aliphatic rings. The van der Waals surface area contributed by atoms with Crippen LogP contribution >= 0.6 is 0 Å². The zero-order valence-corrected chi connectivity index (χ0v) is 8.67. The number of pyridine rings is 1. The van der Waals surface area contributed by atoms with Gasteiger partial charge in [-0.2, -0.15) is 5.26 Å². The van der Waals surface area contributed by atoms with Crippen molar-refractivity contribution in [1.29, 1.82) is 5.26 Å². The number of imidazole rings is 1. The zero-order valence-electron chi connectivity index (χ0n) is 8.67. The van der Waals surface area contributed by atoms with E-state index in [9.17, 15) is 4.79 Å². The molecule has 0 spiro atoms. The second-order valence-electron chi connectivity index (χ2n) is 3.20. The second kappa shape index (κ2) is 4.03. The highest BCUT2D eigenvalue weighted by Crippen LogP contribution is 2.12. The van der Waals surface area contributed by atoms with Crippen LogP contribution in [0.3, 0.4) is 0 Å². The highest BCUT2D eigenvalue weighted by molar-refractivity contribution is 5.72. The first-order valence-corrected chi connectivity index (χ1v) is 4.69. The first kappa shape index (κ1) is 10.2. The van der Waals surface area contributed by atoms with Gasteiger partial charge in [-0.05, 0) is 12.1 Å². The van der Waals surface area contributed by atoms with Crippen molar-refractivity contribution in [3.63, 3.8) is 0 Å². The monoisotopic (exact) mass is 215 g/mol. The maximum absolute atomic E-state index is 11.2. The van der Waals surface area contributed by atoms with Crippen LogP contribution in [0.2, 0.25) is 0 Å². The van der Waals surface area contributed by atoms with Crippen LogP contribution in [0.1, 0.15) is 11.5 Å². The van der Waals surface area contributed by atoms with Gasteiger partial charge in [-0.1, -0.05) is 6.07 Å². The normalized spacial score (nSPS) is 10.0. The van der Waals surface area contributed by atoms with Gasteiger partial charge in [-0.25, -0.2) is 4.98 Å². The zero-order chi connectivity index (χ0) is 11.5. The van der Waals surface area contributed by atoms with Gasteiger partial charge >= 0.3 is 5.97 Å². The summed E-state index contributed by atoms with van der Waals surface area (Å²) in [7, 11) is 1.32. The molecule has 2 aromatic heterocycles. The molecule has 0 unspecified atom stereocenters. The lowest BCUT2D eigenvalue weighted by Crippen LogP contribution is -2.07. The molecule has 5 heteroatoms. The van der Waals surface area contributed by atoms with Crippen molar-refractivity contribution in [2.24, 2.45) is 0 Å². The Morgan fingerprint density at radius 3 is 3.12 bits per heavy atom. The van der Waals surface area contributed by atoms with Crippen LogP contribution in [0.15, 0.2) is 24.4 Å². The molecule has 0 aliphatic heterocycles. The minimum atomic E-state index is -0.375. The van der Waals surface area contributed by atoms with E-state index in [-0.39, 0.29) is 12.4 Å². The third-order valence-electron chi connectivity index (χ3n) is 2.26. The number of aromatic nitrogens is 2. The molecule has 0 atom stereocenters. The Kier molecular flexibility index (Phi) is 2.56. The summed E-state index contributed by atoms with van der Waals surface area (Å²) in [5, 5.41) is 8.90. The number of esters is 1. The van der Waals surface area contributed by atoms with Gasteiger partial charge in [0, 0.05) is 6.20 Å². The summed E-state index contributed by atoms with van der Waals surface area (Å²) in [6.45, 7) is 0. The van der Waals surface area contributed by atoms with Crippen molar-refractivity contribution in [2.45, 2.75) is 6.42 Å². The van der Waals surface area contributed by atoms with Crippen molar-refractivity contribution < 1.29 is 9.53 Å². The number of ether oxygens (including phenoxy) is 1. The molecule has 5 nitrogen and oxygen atoms in total. The fraction of sp³-hybridized carbons (Fsp3) is 0.182. The summed E-state index contributed by atoms with van der Waals surface area (Å²) in [5.41, 5.74) is 1.02. The average Bonchev–Trinajstić information content (AvgIpc) is 2.68. The highest BCUT2D eigenvalue weighted by Gasteiger charge is 2.13. The van der Waals surface area contributed by atoms with Crippen LogP contribution < -0.4 is 0 Å². The van der Waals surface area contributed by atoms with Gasteiger partial charge in [0.1, 0.15) is 18.3 Å². The first-order valence-electron chi connectivity index (χ1n) is 4.69. The molecule has 0 aromatic carbocycles. The predicted octanol–water partition coefficient (Wildman–Crippen LogP) is 0.921. The quantitative estimate of drug-likeness (QED) is 0.698. The Morgan fingerprint density at radius 1 is 1.62 bits per heavy atom. The second-order valence-corrected chi connectivity index (χ2v) is 3.20. The molecule has 0 saturated heterocycles. The van der Waals surface area contributed by atoms with Crippen LogP contribution in [0.5, 0.6) is 0 Å². The number of nitrogens with zero attached hydrogens (tertiary/aromatic N) is 3. The number of carbonyl (C=O) groups is 1. The number of carbonyl (C=O) groups excluding carboxylic acids is 1. The van der Waals surface area contributed by atoms with Crippen molar-refractivity contribution in [3.05, 3.63) is 35.9 Å². The van der Waals surface area contributed by atoms with Crippen molar-refractivity contribution in [3.8, 4) is 6.07 Å². The van der Waals surface area contributed by atoms with Gasteiger partial charge in [0.05, 0.1) is 12.6 Å². The predicted molar refractivity (Wildman–Crippen MR) is 55.6 cm³/mol. The topological polar surface area (TPSA) is 67.4 Å². The van der Waals surface area contributed by atoms with Gasteiger partial charge in [0.15, 0.2) is 5.69 Å². The minimum Gasteiger partial charge on any atom is -0.469 e. The third-order valence-corrected chi connectivity index (χ3v) is 2.26. The molecular formula is C11H9N3O2. The average molecular weight is 215 g/mol. The third kappa shape index (κ3) is 1.61. The summed E-state index contributed by atoms with van der Waals surface area (Å²) < 4.78 is 6.29. The SMILES string of the molecule is COC(=O)Cc1nc(C#N)c2ccccn12. The smallest absolute Gasteiger partial charge is 0.313 e.